The number of terminal acetylenes is 1. The fraction of sp³-hybridized carbons (Fsp3) is 0.467. The number of ether oxygens (including phenoxy) is 2. The number of benzene rings is 1. The molecule has 0 aliphatic carbocycles. The van der Waals surface area contributed by atoms with Gasteiger partial charge in [0.25, 0.3) is 0 Å². The second kappa shape index (κ2) is 8.45. The summed E-state index contributed by atoms with van der Waals surface area (Å²) >= 11 is 0. The van der Waals surface area contributed by atoms with E-state index < -0.39 is 6.61 Å². The molecule has 0 saturated heterocycles. The Bertz CT molecular complexity index is 489. The fourth-order valence-corrected chi connectivity index (χ4v) is 1.85. The smallest absolute Gasteiger partial charge is 0.387 e. The van der Waals surface area contributed by atoms with Crippen molar-refractivity contribution in [1.82, 2.24) is 5.32 Å². The van der Waals surface area contributed by atoms with E-state index in [9.17, 15) is 8.78 Å². The summed E-state index contributed by atoms with van der Waals surface area (Å²) in [5.41, 5.74) is 6.52. The van der Waals surface area contributed by atoms with Gasteiger partial charge in [0, 0.05) is 12.6 Å². The molecule has 0 amide bonds. The summed E-state index contributed by atoms with van der Waals surface area (Å²) in [7, 11) is 0. The highest BCUT2D eigenvalue weighted by atomic mass is 19.3. The molecule has 1 aromatic rings. The van der Waals surface area contributed by atoms with Crippen LogP contribution in [0, 0.1) is 12.3 Å². The Kier molecular flexibility index (Phi) is 6.92. The van der Waals surface area contributed by atoms with Crippen molar-refractivity contribution in [3.8, 4) is 23.8 Å². The maximum Gasteiger partial charge on any atom is 0.387 e. The van der Waals surface area contributed by atoms with E-state index in [1.165, 1.54) is 6.07 Å². The molecule has 0 saturated carbocycles. The van der Waals surface area contributed by atoms with Crippen LogP contribution in [0.1, 0.15) is 25.5 Å². The quantitative estimate of drug-likeness (QED) is 0.723. The van der Waals surface area contributed by atoms with Crippen molar-refractivity contribution < 1.29 is 18.3 Å². The molecule has 0 aromatic heterocycles. The molecule has 0 heterocycles. The Hall–Kier alpha value is -1.84. The third-order valence-corrected chi connectivity index (χ3v) is 2.82. The molecule has 1 rings (SSSR count). The molecule has 21 heavy (non-hydrogen) atoms. The first-order valence-corrected chi connectivity index (χ1v) is 6.65. The molecule has 0 aliphatic rings. The standard InChI is InChI=1S/C15H20F2N2O2/c1-4-10(3)19-12(9-18)11-6-7-13(21-15(16)17)14(8-11)20-5-2/h1,6-8,10,12,15,19H,5,9,18H2,2-3H3. The van der Waals surface area contributed by atoms with Gasteiger partial charge in [0.1, 0.15) is 0 Å². The first kappa shape index (κ1) is 17.2. The summed E-state index contributed by atoms with van der Waals surface area (Å²) in [5, 5.41) is 3.16. The second-order valence-corrected chi connectivity index (χ2v) is 4.36. The number of nitrogens with one attached hydrogen (secondary N) is 1. The first-order valence-electron chi connectivity index (χ1n) is 6.65. The summed E-state index contributed by atoms with van der Waals surface area (Å²) in [6.07, 6.45) is 5.33. The predicted octanol–water partition coefficient (Wildman–Crippen LogP) is 2.30. The highest BCUT2D eigenvalue weighted by molar-refractivity contribution is 5.44. The molecular formula is C15H20F2N2O2. The average Bonchev–Trinajstić information content (AvgIpc) is 2.46. The van der Waals surface area contributed by atoms with Crippen LogP contribution in [-0.2, 0) is 0 Å². The van der Waals surface area contributed by atoms with Gasteiger partial charge in [-0.3, -0.25) is 5.32 Å². The third kappa shape index (κ3) is 5.21. The minimum absolute atomic E-state index is 0.00336. The van der Waals surface area contributed by atoms with Gasteiger partial charge in [-0.05, 0) is 31.5 Å². The van der Waals surface area contributed by atoms with Gasteiger partial charge in [0.05, 0.1) is 12.6 Å². The number of hydrogen-bond donors (Lipinski definition) is 2. The SMILES string of the molecule is C#CC(C)NC(CN)c1ccc(OC(F)F)c(OCC)c1. The lowest BCUT2D eigenvalue weighted by molar-refractivity contribution is -0.0514. The molecule has 6 heteroatoms. The number of rotatable bonds is 8. The topological polar surface area (TPSA) is 56.5 Å². The predicted molar refractivity (Wildman–Crippen MR) is 77.5 cm³/mol. The average molecular weight is 298 g/mol. The summed E-state index contributed by atoms with van der Waals surface area (Å²) < 4.78 is 34.5. The molecule has 0 fully saturated rings. The van der Waals surface area contributed by atoms with Crippen LogP contribution in [0.15, 0.2) is 18.2 Å². The zero-order valence-electron chi connectivity index (χ0n) is 12.1. The molecule has 116 valence electrons. The lowest BCUT2D eigenvalue weighted by Crippen LogP contribution is -2.34. The zero-order chi connectivity index (χ0) is 15.8. The lowest BCUT2D eigenvalue weighted by atomic mass is 10.1. The molecule has 0 spiro atoms. The minimum Gasteiger partial charge on any atom is -0.490 e. The summed E-state index contributed by atoms with van der Waals surface area (Å²) in [4.78, 5) is 0. The van der Waals surface area contributed by atoms with Crippen LogP contribution in [0.5, 0.6) is 11.5 Å². The maximum atomic E-state index is 12.4. The third-order valence-electron chi connectivity index (χ3n) is 2.82. The summed E-state index contributed by atoms with van der Waals surface area (Å²) in [6, 6.07) is 4.38. The Labute approximate surface area is 123 Å². The molecule has 0 radical (unpaired) electrons. The Balaban J connectivity index is 3.02. The van der Waals surface area contributed by atoms with Crippen molar-refractivity contribution in [2.75, 3.05) is 13.2 Å². The summed E-state index contributed by atoms with van der Waals surface area (Å²) in [5.74, 6) is 2.81. The highest BCUT2D eigenvalue weighted by Gasteiger charge is 2.16. The van der Waals surface area contributed by atoms with Crippen LogP contribution in [-0.4, -0.2) is 25.8 Å². The Morgan fingerprint density at radius 2 is 2.10 bits per heavy atom. The normalized spacial score (nSPS) is 13.6. The summed E-state index contributed by atoms with van der Waals surface area (Å²) in [6.45, 7) is 1.34. The highest BCUT2D eigenvalue weighted by Crippen LogP contribution is 2.31. The molecule has 2 unspecified atom stereocenters. The molecule has 0 bridgehead atoms. The van der Waals surface area contributed by atoms with Gasteiger partial charge in [-0.25, -0.2) is 0 Å². The van der Waals surface area contributed by atoms with E-state index in [0.29, 0.717) is 13.2 Å². The van der Waals surface area contributed by atoms with Crippen molar-refractivity contribution in [2.45, 2.75) is 32.5 Å². The lowest BCUT2D eigenvalue weighted by Gasteiger charge is -2.21. The fourth-order valence-electron chi connectivity index (χ4n) is 1.85. The van der Waals surface area contributed by atoms with Crippen molar-refractivity contribution in [3.63, 3.8) is 0 Å². The van der Waals surface area contributed by atoms with Crippen LogP contribution < -0.4 is 20.5 Å². The van der Waals surface area contributed by atoms with E-state index in [1.54, 1.807) is 19.1 Å². The Morgan fingerprint density at radius 3 is 2.62 bits per heavy atom. The maximum absolute atomic E-state index is 12.4. The van der Waals surface area contributed by atoms with Gasteiger partial charge >= 0.3 is 6.61 Å². The van der Waals surface area contributed by atoms with E-state index in [4.69, 9.17) is 16.9 Å². The van der Waals surface area contributed by atoms with E-state index in [2.05, 4.69) is 16.0 Å². The molecule has 1 aromatic carbocycles. The molecule has 2 atom stereocenters. The van der Waals surface area contributed by atoms with Gasteiger partial charge in [0.15, 0.2) is 11.5 Å². The van der Waals surface area contributed by atoms with E-state index in [1.807, 2.05) is 6.92 Å². The van der Waals surface area contributed by atoms with Crippen LogP contribution in [0.25, 0.3) is 0 Å². The van der Waals surface area contributed by atoms with E-state index >= 15 is 0 Å². The van der Waals surface area contributed by atoms with Crippen molar-refractivity contribution >= 4 is 0 Å². The number of nitrogens with two attached hydrogens (primary N) is 1. The van der Waals surface area contributed by atoms with Crippen molar-refractivity contribution in [2.24, 2.45) is 5.73 Å². The monoisotopic (exact) mass is 298 g/mol. The number of hydrogen-bond acceptors (Lipinski definition) is 4. The minimum atomic E-state index is -2.90. The van der Waals surface area contributed by atoms with Crippen molar-refractivity contribution in [3.05, 3.63) is 23.8 Å². The molecule has 0 aliphatic heterocycles. The van der Waals surface area contributed by atoms with E-state index in [0.717, 1.165) is 5.56 Å². The second-order valence-electron chi connectivity index (χ2n) is 4.36. The van der Waals surface area contributed by atoms with Crippen molar-refractivity contribution in [1.29, 1.82) is 0 Å². The van der Waals surface area contributed by atoms with Gasteiger partial charge in [-0.1, -0.05) is 12.0 Å². The largest absolute Gasteiger partial charge is 0.490 e. The van der Waals surface area contributed by atoms with Gasteiger partial charge in [-0.15, -0.1) is 6.42 Å². The molecular weight excluding hydrogens is 278 g/mol. The molecule has 3 N–H and O–H groups in total. The van der Waals surface area contributed by atoms with Gasteiger partial charge in [0.2, 0.25) is 0 Å². The molecule has 4 nitrogen and oxygen atoms in total. The Morgan fingerprint density at radius 1 is 1.38 bits per heavy atom. The van der Waals surface area contributed by atoms with Gasteiger partial charge in [-0.2, -0.15) is 8.78 Å². The van der Waals surface area contributed by atoms with Crippen LogP contribution in [0.4, 0.5) is 8.78 Å². The van der Waals surface area contributed by atoms with Crippen LogP contribution in [0.3, 0.4) is 0 Å². The number of halogens is 2. The van der Waals surface area contributed by atoms with Crippen LogP contribution in [0.2, 0.25) is 0 Å². The number of alkyl halides is 2. The van der Waals surface area contributed by atoms with E-state index in [-0.39, 0.29) is 23.6 Å². The van der Waals surface area contributed by atoms with Gasteiger partial charge < -0.3 is 15.2 Å². The van der Waals surface area contributed by atoms with Crippen LogP contribution >= 0.6 is 0 Å². The zero-order valence-corrected chi connectivity index (χ0v) is 12.1. The first-order chi connectivity index (χ1) is 10.0.